The fourth-order valence-electron chi connectivity index (χ4n) is 2.02. The first-order valence-corrected chi connectivity index (χ1v) is 6.19. The first-order chi connectivity index (χ1) is 7.61. The lowest BCUT2D eigenvalue weighted by Gasteiger charge is -2.12. The van der Waals surface area contributed by atoms with Crippen LogP contribution in [0.2, 0.25) is 5.02 Å². The summed E-state index contributed by atoms with van der Waals surface area (Å²) in [6.45, 7) is 0. The van der Waals surface area contributed by atoms with Gasteiger partial charge in [0, 0.05) is 11.1 Å². The van der Waals surface area contributed by atoms with Gasteiger partial charge in [-0.15, -0.1) is 0 Å². The third-order valence-electron chi connectivity index (χ3n) is 2.64. The summed E-state index contributed by atoms with van der Waals surface area (Å²) in [6.07, 6.45) is 1.48. The molecule has 0 radical (unpaired) electrons. The number of nitriles is 1. The first-order valence-electron chi connectivity index (χ1n) is 4.71. The molecule has 1 aromatic carbocycles. The zero-order valence-electron chi connectivity index (χ0n) is 8.24. The van der Waals surface area contributed by atoms with Gasteiger partial charge >= 0.3 is 0 Å². The van der Waals surface area contributed by atoms with Gasteiger partial charge < -0.3 is 0 Å². The topological polar surface area (TPSA) is 73.1 Å². The second-order valence-corrected chi connectivity index (χ2v) is 4.74. The van der Waals surface area contributed by atoms with Gasteiger partial charge in [0.05, 0.1) is 11.6 Å². The lowest BCUT2D eigenvalue weighted by atomic mass is 10.1. The second kappa shape index (κ2) is 4.52. The number of halogens is 1. The Kier molecular flexibility index (Phi) is 3.26. The van der Waals surface area contributed by atoms with E-state index in [1.165, 1.54) is 0 Å². The molecule has 0 aliphatic heterocycles. The van der Waals surface area contributed by atoms with Gasteiger partial charge in [0.25, 0.3) is 0 Å². The fraction of sp³-hybridized carbons (Fsp3) is 0.300. The molecule has 2 unspecified atom stereocenters. The Balaban J connectivity index is 2.40. The van der Waals surface area contributed by atoms with Crippen molar-refractivity contribution in [2.45, 2.75) is 18.9 Å². The van der Waals surface area contributed by atoms with Crippen molar-refractivity contribution in [1.82, 2.24) is 4.72 Å². The van der Waals surface area contributed by atoms with E-state index in [0.29, 0.717) is 10.6 Å². The summed E-state index contributed by atoms with van der Waals surface area (Å²) in [5.74, 6) is 0. The second-order valence-electron chi connectivity index (χ2n) is 3.60. The van der Waals surface area contributed by atoms with Crippen LogP contribution in [-0.2, 0) is 17.7 Å². The summed E-state index contributed by atoms with van der Waals surface area (Å²) in [5, 5.41) is 9.27. The molecule has 84 valence electrons. The normalized spacial score (nSPS) is 20.2. The molecule has 0 heterocycles. The van der Waals surface area contributed by atoms with E-state index in [4.69, 9.17) is 21.4 Å². The van der Waals surface area contributed by atoms with E-state index in [2.05, 4.69) is 4.72 Å². The number of nitrogens with one attached hydrogen (secondary N) is 1. The van der Waals surface area contributed by atoms with Crippen molar-refractivity contribution in [3.63, 3.8) is 0 Å². The lowest BCUT2D eigenvalue weighted by Crippen LogP contribution is -2.21. The van der Waals surface area contributed by atoms with Crippen LogP contribution in [0, 0.1) is 11.3 Å². The quantitative estimate of drug-likeness (QED) is 0.794. The largest absolute Gasteiger partial charge is 0.294 e. The van der Waals surface area contributed by atoms with E-state index in [-0.39, 0.29) is 6.04 Å². The standard InChI is InChI=1S/C10H9ClN2O2S/c11-8-4-6(5-12)3-7-1-2-9(10(7)8)13-16(14)15/h3-4,9,13H,1-2H2,(H,14,15). The average Bonchev–Trinajstić information content (AvgIpc) is 2.60. The number of hydrogen-bond donors (Lipinski definition) is 2. The molecule has 2 atom stereocenters. The molecule has 1 aromatic rings. The van der Waals surface area contributed by atoms with Crippen LogP contribution in [0.5, 0.6) is 0 Å². The van der Waals surface area contributed by atoms with Gasteiger partial charge in [-0.25, -0.2) is 8.93 Å². The highest BCUT2D eigenvalue weighted by Gasteiger charge is 2.26. The van der Waals surface area contributed by atoms with Crippen LogP contribution in [0.4, 0.5) is 0 Å². The summed E-state index contributed by atoms with van der Waals surface area (Å²) in [6, 6.07) is 5.20. The summed E-state index contributed by atoms with van der Waals surface area (Å²) < 4.78 is 22.0. The Morgan fingerprint density at radius 2 is 2.38 bits per heavy atom. The minimum absolute atomic E-state index is 0.207. The Hall–Kier alpha value is -0.930. The smallest absolute Gasteiger partial charge is 0.232 e. The van der Waals surface area contributed by atoms with Gasteiger partial charge in [-0.05, 0) is 36.1 Å². The minimum atomic E-state index is -2.05. The third-order valence-corrected chi connectivity index (χ3v) is 3.44. The predicted molar refractivity (Wildman–Crippen MR) is 61.1 cm³/mol. The maximum atomic E-state index is 10.7. The van der Waals surface area contributed by atoms with E-state index in [9.17, 15) is 4.21 Å². The highest BCUT2D eigenvalue weighted by Crippen LogP contribution is 2.37. The zero-order chi connectivity index (χ0) is 11.7. The van der Waals surface area contributed by atoms with E-state index >= 15 is 0 Å². The van der Waals surface area contributed by atoms with Gasteiger partial charge in [-0.3, -0.25) is 4.55 Å². The molecule has 2 N–H and O–H groups in total. The lowest BCUT2D eigenvalue weighted by molar-refractivity contribution is 0.526. The predicted octanol–water partition coefficient (Wildman–Crippen LogP) is 1.93. The van der Waals surface area contributed by atoms with Gasteiger partial charge in [-0.2, -0.15) is 5.26 Å². The summed E-state index contributed by atoms with van der Waals surface area (Å²) in [5.41, 5.74) is 2.34. The summed E-state index contributed by atoms with van der Waals surface area (Å²) in [4.78, 5) is 0. The van der Waals surface area contributed by atoms with Gasteiger partial charge in [0.1, 0.15) is 0 Å². The van der Waals surface area contributed by atoms with E-state index < -0.39 is 11.3 Å². The van der Waals surface area contributed by atoms with E-state index in [1.807, 2.05) is 6.07 Å². The molecule has 0 spiro atoms. The van der Waals surface area contributed by atoms with Crippen molar-refractivity contribution in [2.24, 2.45) is 0 Å². The number of benzene rings is 1. The molecule has 0 fully saturated rings. The van der Waals surface area contributed by atoms with Crippen LogP contribution >= 0.6 is 11.6 Å². The monoisotopic (exact) mass is 256 g/mol. The minimum Gasteiger partial charge on any atom is -0.294 e. The third kappa shape index (κ3) is 2.11. The molecule has 0 amide bonds. The molecule has 6 heteroatoms. The van der Waals surface area contributed by atoms with Crippen molar-refractivity contribution >= 4 is 22.9 Å². The average molecular weight is 257 g/mol. The summed E-state index contributed by atoms with van der Waals surface area (Å²) >= 11 is 4.01. The molecule has 16 heavy (non-hydrogen) atoms. The van der Waals surface area contributed by atoms with Crippen LogP contribution in [0.3, 0.4) is 0 Å². The Labute approximate surface area is 101 Å². The van der Waals surface area contributed by atoms with Crippen molar-refractivity contribution < 1.29 is 8.76 Å². The molecular weight excluding hydrogens is 248 g/mol. The highest BCUT2D eigenvalue weighted by atomic mass is 35.5. The molecule has 0 aromatic heterocycles. The Bertz CT molecular complexity index is 498. The molecule has 1 aliphatic carbocycles. The van der Waals surface area contributed by atoms with Crippen molar-refractivity contribution in [2.75, 3.05) is 0 Å². The Morgan fingerprint density at radius 3 is 3.00 bits per heavy atom. The first kappa shape index (κ1) is 11.6. The molecule has 0 saturated heterocycles. The van der Waals surface area contributed by atoms with Crippen molar-refractivity contribution in [3.8, 4) is 6.07 Å². The zero-order valence-corrected chi connectivity index (χ0v) is 9.81. The maximum Gasteiger partial charge on any atom is 0.232 e. The number of hydrogen-bond acceptors (Lipinski definition) is 2. The van der Waals surface area contributed by atoms with Crippen LogP contribution in [0.25, 0.3) is 0 Å². The SMILES string of the molecule is N#Cc1cc(Cl)c2c(c1)CCC2NS(=O)O. The fourth-order valence-corrected chi connectivity index (χ4v) is 2.87. The van der Waals surface area contributed by atoms with Crippen LogP contribution in [0.15, 0.2) is 12.1 Å². The van der Waals surface area contributed by atoms with Crippen LogP contribution < -0.4 is 4.72 Å². The molecule has 2 rings (SSSR count). The molecular formula is C10H9ClN2O2S. The number of rotatable bonds is 2. The molecule has 0 bridgehead atoms. The number of aryl methyl sites for hydroxylation is 1. The van der Waals surface area contributed by atoms with E-state index in [1.54, 1.807) is 12.1 Å². The maximum absolute atomic E-state index is 10.7. The van der Waals surface area contributed by atoms with Crippen LogP contribution in [-0.4, -0.2) is 8.76 Å². The highest BCUT2D eigenvalue weighted by molar-refractivity contribution is 7.77. The number of nitrogens with zero attached hydrogens (tertiary/aromatic N) is 1. The van der Waals surface area contributed by atoms with Gasteiger partial charge in [-0.1, -0.05) is 11.6 Å². The molecule has 4 nitrogen and oxygen atoms in total. The molecule has 1 aliphatic rings. The van der Waals surface area contributed by atoms with Crippen molar-refractivity contribution in [3.05, 3.63) is 33.8 Å². The summed E-state index contributed by atoms with van der Waals surface area (Å²) in [7, 11) is 0. The van der Waals surface area contributed by atoms with Gasteiger partial charge in [0.2, 0.25) is 11.3 Å². The van der Waals surface area contributed by atoms with Crippen molar-refractivity contribution in [1.29, 1.82) is 5.26 Å². The Morgan fingerprint density at radius 1 is 1.62 bits per heavy atom. The van der Waals surface area contributed by atoms with Crippen LogP contribution in [0.1, 0.15) is 29.2 Å². The molecule has 0 saturated carbocycles. The van der Waals surface area contributed by atoms with Gasteiger partial charge in [0.15, 0.2) is 0 Å². The van der Waals surface area contributed by atoms with E-state index in [0.717, 1.165) is 24.0 Å². The number of fused-ring (bicyclic) bond motifs is 1.